The Bertz CT molecular complexity index is 754. The predicted octanol–water partition coefficient (Wildman–Crippen LogP) is 2.23. The van der Waals surface area contributed by atoms with Crippen molar-refractivity contribution >= 4 is 18.0 Å². The van der Waals surface area contributed by atoms with Crippen LogP contribution in [0.2, 0.25) is 0 Å². The van der Waals surface area contributed by atoms with Crippen LogP contribution in [0.25, 0.3) is 0 Å². The highest BCUT2D eigenvalue weighted by Crippen LogP contribution is 2.49. The summed E-state index contributed by atoms with van der Waals surface area (Å²) in [5.41, 5.74) is 0.651. The van der Waals surface area contributed by atoms with Gasteiger partial charge in [0.25, 0.3) is 11.8 Å². The van der Waals surface area contributed by atoms with Crippen molar-refractivity contribution in [2.45, 2.75) is 12.8 Å². The lowest BCUT2D eigenvalue weighted by molar-refractivity contribution is -0.140. The summed E-state index contributed by atoms with van der Waals surface area (Å²) in [7, 11) is 3.13. The van der Waals surface area contributed by atoms with Gasteiger partial charge in [0.05, 0.1) is 32.3 Å². The van der Waals surface area contributed by atoms with E-state index in [1.54, 1.807) is 32.4 Å². The number of nitrogens with zero attached hydrogens (tertiary/aromatic N) is 2. The fraction of sp³-hybridized carbons (Fsp3) is 0.421. The third-order valence-electron chi connectivity index (χ3n) is 5.49. The molecule has 0 N–H and O–H groups in total. The summed E-state index contributed by atoms with van der Waals surface area (Å²) >= 11 is 0. The van der Waals surface area contributed by atoms with Gasteiger partial charge in [-0.2, -0.15) is 10.1 Å². The number of amides is 2. The highest BCUT2D eigenvalue weighted by atomic mass is 16.5. The molecule has 1 aromatic carbocycles. The minimum absolute atomic E-state index is 0.165. The van der Waals surface area contributed by atoms with Crippen LogP contribution in [0.4, 0.5) is 0 Å². The number of benzene rings is 1. The van der Waals surface area contributed by atoms with E-state index in [9.17, 15) is 9.59 Å². The fourth-order valence-corrected chi connectivity index (χ4v) is 4.23. The van der Waals surface area contributed by atoms with Gasteiger partial charge in [-0.05, 0) is 42.9 Å². The van der Waals surface area contributed by atoms with E-state index < -0.39 is 0 Å². The minimum atomic E-state index is -0.249. The molecule has 1 aliphatic heterocycles. The molecule has 0 unspecified atom stereocenters. The van der Waals surface area contributed by atoms with Crippen LogP contribution in [0.5, 0.6) is 11.5 Å². The summed E-state index contributed by atoms with van der Waals surface area (Å²) in [6, 6.07) is 5.30. The maximum Gasteiger partial charge on any atom is 0.254 e. The van der Waals surface area contributed by atoms with Crippen molar-refractivity contribution in [1.82, 2.24) is 5.01 Å². The lowest BCUT2D eigenvalue weighted by atomic mass is 9.63. The molecule has 0 spiro atoms. The normalized spacial score (nSPS) is 30.2. The number of hydrazone groups is 1. The smallest absolute Gasteiger partial charge is 0.254 e. The summed E-state index contributed by atoms with van der Waals surface area (Å²) in [5, 5.41) is 5.25. The molecule has 1 saturated carbocycles. The first kappa shape index (κ1) is 15.9. The molecule has 1 saturated heterocycles. The van der Waals surface area contributed by atoms with Crippen molar-refractivity contribution in [2.24, 2.45) is 28.8 Å². The van der Waals surface area contributed by atoms with Crippen molar-refractivity contribution < 1.29 is 19.1 Å². The zero-order chi connectivity index (χ0) is 17.6. The van der Waals surface area contributed by atoms with E-state index in [1.165, 1.54) is 6.21 Å². The minimum Gasteiger partial charge on any atom is -0.497 e. The van der Waals surface area contributed by atoms with Crippen molar-refractivity contribution in [2.75, 3.05) is 14.2 Å². The van der Waals surface area contributed by atoms with Crippen LogP contribution in [0.1, 0.15) is 18.4 Å². The molecule has 1 aromatic rings. The second-order valence-electron chi connectivity index (χ2n) is 6.68. The first-order valence-corrected chi connectivity index (χ1v) is 8.46. The van der Waals surface area contributed by atoms with Gasteiger partial charge >= 0.3 is 0 Å². The molecule has 6 nitrogen and oxygen atoms in total. The summed E-state index contributed by atoms with van der Waals surface area (Å²) in [6.45, 7) is 0. The van der Waals surface area contributed by atoms with Crippen molar-refractivity contribution in [1.29, 1.82) is 0 Å². The van der Waals surface area contributed by atoms with Crippen molar-refractivity contribution in [3.63, 3.8) is 0 Å². The lowest BCUT2D eigenvalue weighted by Crippen LogP contribution is -2.38. The maximum absolute atomic E-state index is 12.7. The van der Waals surface area contributed by atoms with Crippen LogP contribution in [-0.4, -0.2) is 37.3 Å². The average Bonchev–Trinajstić information content (AvgIpc) is 2.93. The number of ether oxygens (including phenoxy) is 2. The van der Waals surface area contributed by atoms with E-state index in [-0.39, 0.29) is 35.5 Å². The molecule has 4 atom stereocenters. The summed E-state index contributed by atoms with van der Waals surface area (Å²) in [6.07, 6.45) is 7.63. The third kappa shape index (κ3) is 2.44. The number of methoxy groups -OCH3 is 2. The van der Waals surface area contributed by atoms with Gasteiger partial charge in [0.1, 0.15) is 11.5 Å². The summed E-state index contributed by atoms with van der Waals surface area (Å²) in [4.78, 5) is 25.5. The van der Waals surface area contributed by atoms with Crippen LogP contribution < -0.4 is 9.47 Å². The summed E-state index contributed by atoms with van der Waals surface area (Å²) in [5.74, 6) is 0.705. The molecule has 2 fully saturated rings. The number of imide groups is 1. The fourth-order valence-electron chi connectivity index (χ4n) is 4.23. The van der Waals surface area contributed by atoms with E-state index in [2.05, 4.69) is 17.3 Å². The van der Waals surface area contributed by atoms with Gasteiger partial charge in [0.2, 0.25) is 0 Å². The standard InChI is InChI=1S/C19H20N2O4/c1-24-14-7-8-15(25-2)13(9-14)10-20-21-18(22)16-11-3-4-12(6-5-11)17(16)19(21)23/h3-4,7-12,16-17H,5-6H2,1-2H3/b20-10-/t11-,12+,16-,17-/m0/s1. The first-order valence-electron chi connectivity index (χ1n) is 8.46. The van der Waals surface area contributed by atoms with Crippen LogP contribution >= 0.6 is 0 Å². The Hall–Kier alpha value is -2.63. The third-order valence-corrected chi connectivity index (χ3v) is 5.49. The number of allylic oxidation sites excluding steroid dienone is 2. The van der Waals surface area contributed by atoms with E-state index in [1.807, 2.05) is 0 Å². The Morgan fingerprint density at radius 3 is 2.20 bits per heavy atom. The molecule has 25 heavy (non-hydrogen) atoms. The Kier molecular flexibility index (Phi) is 3.82. The van der Waals surface area contributed by atoms with Crippen molar-refractivity contribution in [3.05, 3.63) is 35.9 Å². The van der Waals surface area contributed by atoms with Crippen LogP contribution in [0, 0.1) is 23.7 Å². The van der Waals surface area contributed by atoms with Crippen LogP contribution in [0.15, 0.2) is 35.5 Å². The molecule has 2 amide bonds. The molecule has 1 heterocycles. The lowest BCUT2D eigenvalue weighted by Gasteiger charge is -2.37. The molecule has 3 aliphatic carbocycles. The number of hydrogen-bond acceptors (Lipinski definition) is 5. The number of hydrogen-bond donors (Lipinski definition) is 0. The molecule has 6 heteroatoms. The van der Waals surface area contributed by atoms with Gasteiger partial charge in [-0.15, -0.1) is 0 Å². The zero-order valence-electron chi connectivity index (χ0n) is 14.2. The van der Waals surface area contributed by atoms with Gasteiger partial charge in [-0.25, -0.2) is 0 Å². The molecule has 4 aliphatic rings. The Balaban J connectivity index is 1.63. The zero-order valence-corrected chi connectivity index (χ0v) is 14.2. The molecule has 0 radical (unpaired) electrons. The first-order chi connectivity index (χ1) is 12.1. The molecule has 2 bridgehead atoms. The largest absolute Gasteiger partial charge is 0.497 e. The topological polar surface area (TPSA) is 68.2 Å². The Morgan fingerprint density at radius 2 is 1.68 bits per heavy atom. The van der Waals surface area contributed by atoms with Crippen molar-refractivity contribution in [3.8, 4) is 11.5 Å². The van der Waals surface area contributed by atoms with E-state index in [4.69, 9.17) is 9.47 Å². The molecule has 5 rings (SSSR count). The summed E-state index contributed by atoms with van der Waals surface area (Å²) < 4.78 is 10.5. The molecule has 130 valence electrons. The molecule has 0 aromatic heterocycles. The second kappa shape index (κ2) is 6.02. The number of rotatable bonds is 4. The Labute approximate surface area is 146 Å². The highest BCUT2D eigenvalue weighted by Gasteiger charge is 2.56. The number of carbonyl (C=O) groups is 2. The van der Waals surface area contributed by atoms with E-state index in [0.717, 1.165) is 17.9 Å². The second-order valence-corrected chi connectivity index (χ2v) is 6.68. The monoisotopic (exact) mass is 340 g/mol. The Morgan fingerprint density at radius 1 is 1.04 bits per heavy atom. The van der Waals surface area contributed by atoms with Gasteiger partial charge in [0.15, 0.2) is 0 Å². The van der Waals surface area contributed by atoms with Gasteiger partial charge in [-0.1, -0.05) is 12.2 Å². The van der Waals surface area contributed by atoms with Crippen LogP contribution in [0.3, 0.4) is 0 Å². The van der Waals surface area contributed by atoms with Gasteiger partial charge in [0, 0.05) is 5.56 Å². The maximum atomic E-state index is 12.7. The average molecular weight is 340 g/mol. The SMILES string of the molecule is COc1ccc(OC)c(/C=N\N2C(=O)[C@@H]3[C@@H](C2=O)[C@H]2C=C[C@@H]3CC2)c1. The quantitative estimate of drug-likeness (QED) is 0.479. The van der Waals surface area contributed by atoms with Gasteiger partial charge < -0.3 is 9.47 Å². The predicted molar refractivity (Wildman–Crippen MR) is 91.3 cm³/mol. The van der Waals surface area contributed by atoms with E-state index in [0.29, 0.717) is 17.1 Å². The van der Waals surface area contributed by atoms with Crippen LogP contribution in [-0.2, 0) is 9.59 Å². The number of carbonyl (C=O) groups excluding carboxylic acids is 2. The highest BCUT2D eigenvalue weighted by molar-refractivity contribution is 6.06. The molecular formula is C19H20N2O4. The van der Waals surface area contributed by atoms with E-state index >= 15 is 0 Å². The number of fused-ring (bicyclic) bond motifs is 1. The van der Waals surface area contributed by atoms with Gasteiger partial charge in [-0.3, -0.25) is 9.59 Å². The molecular weight excluding hydrogens is 320 g/mol.